The number of fused-ring (bicyclic) bond motifs is 1. The molecule has 2 N–H and O–H groups in total. The van der Waals surface area contributed by atoms with Gasteiger partial charge in [0.25, 0.3) is 0 Å². The number of benzene rings is 2. The van der Waals surface area contributed by atoms with Gasteiger partial charge in [0.15, 0.2) is 0 Å². The van der Waals surface area contributed by atoms with Crippen LogP contribution in [0.4, 0.5) is 0 Å². The molecule has 2 aromatic rings. The summed E-state index contributed by atoms with van der Waals surface area (Å²) >= 11 is 6.23. The topological polar surface area (TPSA) is 32.3 Å². The minimum absolute atomic E-state index is 0.136. The number of nitrogens with one attached hydrogen (secondary N) is 1. The van der Waals surface area contributed by atoms with E-state index in [1.165, 1.54) is 5.56 Å². The van der Waals surface area contributed by atoms with Crippen molar-refractivity contribution in [1.82, 2.24) is 5.32 Å². The Morgan fingerprint density at radius 1 is 1.16 bits per heavy atom. The van der Waals surface area contributed by atoms with Crippen molar-refractivity contribution >= 4 is 11.6 Å². The van der Waals surface area contributed by atoms with Gasteiger partial charge in [-0.1, -0.05) is 54.1 Å². The maximum atomic E-state index is 11.0. The van der Waals surface area contributed by atoms with Gasteiger partial charge in [-0.05, 0) is 24.1 Å². The number of halogens is 1. The van der Waals surface area contributed by atoms with Crippen LogP contribution in [0.3, 0.4) is 0 Å². The first-order chi connectivity index (χ1) is 9.10. The smallest absolute Gasteiger partial charge is 0.108 e. The van der Waals surface area contributed by atoms with Crippen LogP contribution in [-0.4, -0.2) is 5.11 Å². The average molecular weight is 274 g/mol. The molecule has 1 aliphatic heterocycles. The van der Waals surface area contributed by atoms with Gasteiger partial charge in [-0.3, -0.25) is 0 Å². The lowest BCUT2D eigenvalue weighted by Crippen LogP contribution is -2.36. The molecule has 0 bridgehead atoms. The third-order valence-electron chi connectivity index (χ3n) is 3.84. The molecule has 0 amide bonds. The molecule has 0 aromatic heterocycles. The molecule has 2 atom stereocenters. The van der Waals surface area contributed by atoms with E-state index in [0.29, 0.717) is 5.02 Å². The van der Waals surface area contributed by atoms with E-state index in [1.807, 2.05) is 43.3 Å². The van der Waals surface area contributed by atoms with Crippen LogP contribution in [0.25, 0.3) is 0 Å². The van der Waals surface area contributed by atoms with E-state index in [4.69, 9.17) is 11.6 Å². The molecule has 3 rings (SSSR count). The third kappa shape index (κ3) is 2.06. The van der Waals surface area contributed by atoms with Gasteiger partial charge in [0.2, 0.25) is 0 Å². The first kappa shape index (κ1) is 12.7. The molecule has 0 fully saturated rings. The Kier molecular flexibility index (Phi) is 3.09. The quantitative estimate of drug-likeness (QED) is 0.879. The van der Waals surface area contributed by atoms with Crippen molar-refractivity contribution in [3.8, 4) is 0 Å². The predicted molar refractivity (Wildman–Crippen MR) is 77.0 cm³/mol. The van der Waals surface area contributed by atoms with Crippen molar-refractivity contribution < 1.29 is 5.11 Å². The van der Waals surface area contributed by atoms with Crippen molar-refractivity contribution in [2.45, 2.75) is 25.1 Å². The van der Waals surface area contributed by atoms with Crippen molar-refractivity contribution in [2.75, 3.05) is 0 Å². The molecule has 0 radical (unpaired) electrons. The monoisotopic (exact) mass is 273 g/mol. The first-order valence-electron chi connectivity index (χ1n) is 6.39. The molecule has 98 valence electrons. The van der Waals surface area contributed by atoms with E-state index in [2.05, 4.69) is 17.4 Å². The van der Waals surface area contributed by atoms with E-state index >= 15 is 0 Å². The fourth-order valence-corrected chi connectivity index (χ4v) is 3.15. The lowest BCUT2D eigenvalue weighted by molar-refractivity contribution is 0.0178. The molecule has 3 heteroatoms. The second kappa shape index (κ2) is 4.64. The minimum atomic E-state index is -1.04. The standard InChI is InChI=1S/C16H16ClNO/c1-16(19,13-8-4-5-9-14(13)17)15-12-7-3-2-6-11(12)10-18-15/h2-9,15,18-19H,10H2,1H3. The first-order valence-corrected chi connectivity index (χ1v) is 6.77. The Bertz CT molecular complexity index is 609. The maximum Gasteiger partial charge on any atom is 0.108 e. The zero-order valence-electron chi connectivity index (χ0n) is 10.7. The highest BCUT2D eigenvalue weighted by atomic mass is 35.5. The van der Waals surface area contributed by atoms with Gasteiger partial charge < -0.3 is 10.4 Å². The van der Waals surface area contributed by atoms with Crippen LogP contribution >= 0.6 is 11.6 Å². The largest absolute Gasteiger partial charge is 0.383 e. The van der Waals surface area contributed by atoms with Crippen molar-refractivity contribution in [2.24, 2.45) is 0 Å². The summed E-state index contributed by atoms with van der Waals surface area (Å²) in [6.45, 7) is 2.59. The van der Waals surface area contributed by atoms with Gasteiger partial charge in [-0.15, -0.1) is 0 Å². The van der Waals surface area contributed by atoms with Crippen LogP contribution < -0.4 is 5.32 Å². The van der Waals surface area contributed by atoms with Gasteiger partial charge in [0.1, 0.15) is 5.60 Å². The number of hydrogen-bond donors (Lipinski definition) is 2. The van der Waals surface area contributed by atoms with Crippen LogP contribution in [0.1, 0.15) is 29.7 Å². The van der Waals surface area contributed by atoms with E-state index in [1.54, 1.807) is 0 Å². The number of hydrogen-bond acceptors (Lipinski definition) is 2. The molecule has 0 saturated heterocycles. The fourth-order valence-electron chi connectivity index (χ4n) is 2.83. The van der Waals surface area contributed by atoms with E-state index in [-0.39, 0.29) is 6.04 Å². The zero-order valence-corrected chi connectivity index (χ0v) is 11.5. The summed E-state index contributed by atoms with van der Waals surface area (Å²) in [6, 6.07) is 15.5. The number of rotatable bonds is 2. The summed E-state index contributed by atoms with van der Waals surface area (Å²) < 4.78 is 0. The van der Waals surface area contributed by atoms with Gasteiger partial charge >= 0.3 is 0 Å². The Labute approximate surface area is 118 Å². The second-order valence-corrected chi connectivity index (χ2v) is 5.55. The highest BCUT2D eigenvalue weighted by Gasteiger charge is 2.39. The van der Waals surface area contributed by atoms with Crippen molar-refractivity contribution in [3.63, 3.8) is 0 Å². The maximum absolute atomic E-state index is 11.0. The SMILES string of the molecule is CC(O)(c1ccccc1Cl)C1NCc2ccccc21. The van der Waals surface area contributed by atoms with Gasteiger partial charge in [0.05, 0.1) is 6.04 Å². The molecule has 0 spiro atoms. The molecule has 2 aromatic carbocycles. The van der Waals surface area contributed by atoms with E-state index in [9.17, 15) is 5.11 Å². The van der Waals surface area contributed by atoms with Crippen LogP contribution in [0.15, 0.2) is 48.5 Å². The van der Waals surface area contributed by atoms with Crippen LogP contribution in [0.5, 0.6) is 0 Å². The second-order valence-electron chi connectivity index (χ2n) is 5.14. The molecule has 0 saturated carbocycles. The summed E-state index contributed by atoms with van der Waals surface area (Å²) in [5, 5.41) is 14.9. The Morgan fingerprint density at radius 3 is 2.63 bits per heavy atom. The minimum Gasteiger partial charge on any atom is -0.383 e. The predicted octanol–water partition coefficient (Wildman–Crippen LogP) is 3.39. The fraction of sp³-hybridized carbons (Fsp3) is 0.250. The highest BCUT2D eigenvalue weighted by molar-refractivity contribution is 6.31. The number of aliphatic hydroxyl groups is 1. The zero-order chi connectivity index (χ0) is 13.5. The average Bonchev–Trinajstić information content (AvgIpc) is 2.83. The summed E-state index contributed by atoms with van der Waals surface area (Å²) in [5.41, 5.74) is 2.10. The van der Waals surface area contributed by atoms with Gasteiger partial charge in [-0.2, -0.15) is 0 Å². The molecular weight excluding hydrogens is 258 g/mol. The molecule has 19 heavy (non-hydrogen) atoms. The normalized spacial score (nSPS) is 20.9. The van der Waals surface area contributed by atoms with Crippen LogP contribution in [0, 0.1) is 0 Å². The molecule has 0 aliphatic carbocycles. The Hall–Kier alpha value is -1.35. The molecular formula is C16H16ClNO. The molecule has 1 aliphatic rings. The van der Waals surface area contributed by atoms with Gasteiger partial charge in [0, 0.05) is 17.1 Å². The molecule has 2 nitrogen and oxygen atoms in total. The van der Waals surface area contributed by atoms with Crippen molar-refractivity contribution in [3.05, 3.63) is 70.2 Å². The van der Waals surface area contributed by atoms with Crippen LogP contribution in [0.2, 0.25) is 5.02 Å². The molecule has 2 unspecified atom stereocenters. The molecule has 1 heterocycles. The van der Waals surface area contributed by atoms with E-state index in [0.717, 1.165) is 17.7 Å². The van der Waals surface area contributed by atoms with Crippen LogP contribution in [-0.2, 0) is 12.1 Å². The Morgan fingerprint density at radius 2 is 1.84 bits per heavy atom. The Balaban J connectivity index is 2.05. The lowest BCUT2D eigenvalue weighted by Gasteiger charge is -2.32. The van der Waals surface area contributed by atoms with Gasteiger partial charge in [-0.25, -0.2) is 0 Å². The van der Waals surface area contributed by atoms with E-state index < -0.39 is 5.60 Å². The summed E-state index contributed by atoms with van der Waals surface area (Å²) in [5.74, 6) is 0. The summed E-state index contributed by atoms with van der Waals surface area (Å²) in [4.78, 5) is 0. The summed E-state index contributed by atoms with van der Waals surface area (Å²) in [7, 11) is 0. The summed E-state index contributed by atoms with van der Waals surface area (Å²) in [6.07, 6.45) is 0. The third-order valence-corrected chi connectivity index (χ3v) is 4.17. The lowest BCUT2D eigenvalue weighted by atomic mass is 9.84. The highest BCUT2D eigenvalue weighted by Crippen LogP contribution is 2.41. The van der Waals surface area contributed by atoms with Crippen molar-refractivity contribution in [1.29, 1.82) is 0 Å².